The number of anilines is 1. The number of nitrogens with zero attached hydrogens (tertiary/aromatic N) is 2. The maximum atomic E-state index is 13.2. The van der Waals surface area contributed by atoms with Crippen LogP contribution in [-0.4, -0.2) is 33.8 Å². The van der Waals surface area contributed by atoms with Crippen molar-refractivity contribution in [2.24, 2.45) is 0 Å². The SMILES string of the molecule is O=C(CC1NC(=O)N(Cc2cccc(F)c2)C1=O)Nc1nccs1. The summed E-state index contributed by atoms with van der Waals surface area (Å²) in [6.45, 7) is -0.0486. The van der Waals surface area contributed by atoms with Crippen LogP contribution in [0, 0.1) is 5.82 Å². The summed E-state index contributed by atoms with van der Waals surface area (Å²) in [6.07, 6.45) is 1.35. The lowest BCUT2D eigenvalue weighted by molar-refractivity contribution is -0.130. The Kier molecular flexibility index (Phi) is 4.52. The number of halogens is 1. The van der Waals surface area contributed by atoms with Crippen LogP contribution in [0.3, 0.4) is 0 Å². The topological polar surface area (TPSA) is 91.4 Å². The van der Waals surface area contributed by atoms with Crippen LogP contribution in [0.25, 0.3) is 0 Å². The Morgan fingerprint density at radius 2 is 2.25 bits per heavy atom. The van der Waals surface area contributed by atoms with Gasteiger partial charge in [0, 0.05) is 11.6 Å². The number of amides is 4. The van der Waals surface area contributed by atoms with Gasteiger partial charge in [0.15, 0.2) is 5.13 Å². The third-order valence-corrected chi connectivity index (χ3v) is 4.09. The van der Waals surface area contributed by atoms with E-state index in [4.69, 9.17) is 0 Å². The first-order valence-corrected chi connectivity index (χ1v) is 7.96. The molecule has 2 heterocycles. The van der Waals surface area contributed by atoms with Crippen LogP contribution in [0.4, 0.5) is 14.3 Å². The fraction of sp³-hybridized carbons (Fsp3) is 0.200. The van der Waals surface area contributed by atoms with Gasteiger partial charge in [0.05, 0.1) is 13.0 Å². The van der Waals surface area contributed by atoms with E-state index in [2.05, 4.69) is 15.6 Å². The lowest BCUT2D eigenvalue weighted by atomic mass is 10.1. The van der Waals surface area contributed by atoms with Crippen molar-refractivity contribution in [3.8, 4) is 0 Å². The normalized spacial score (nSPS) is 17.0. The van der Waals surface area contributed by atoms with Crippen LogP contribution in [0.5, 0.6) is 0 Å². The lowest BCUT2D eigenvalue weighted by Gasteiger charge is -2.13. The Hall–Kier alpha value is -2.81. The third-order valence-electron chi connectivity index (χ3n) is 3.40. The van der Waals surface area contributed by atoms with Crippen LogP contribution in [0.15, 0.2) is 35.8 Å². The fourth-order valence-corrected chi connectivity index (χ4v) is 2.87. The van der Waals surface area contributed by atoms with Crippen molar-refractivity contribution in [3.05, 3.63) is 47.2 Å². The molecule has 1 aliphatic rings. The molecule has 9 heteroatoms. The van der Waals surface area contributed by atoms with E-state index in [9.17, 15) is 18.8 Å². The molecule has 0 aliphatic carbocycles. The molecule has 1 aliphatic heterocycles. The number of carbonyl (C=O) groups is 3. The van der Waals surface area contributed by atoms with Gasteiger partial charge in [-0.2, -0.15) is 0 Å². The van der Waals surface area contributed by atoms with Gasteiger partial charge >= 0.3 is 6.03 Å². The summed E-state index contributed by atoms with van der Waals surface area (Å²) in [5.74, 6) is -1.38. The van der Waals surface area contributed by atoms with Crippen molar-refractivity contribution in [3.63, 3.8) is 0 Å². The lowest BCUT2D eigenvalue weighted by Crippen LogP contribution is -2.34. The first-order valence-electron chi connectivity index (χ1n) is 7.08. The van der Waals surface area contributed by atoms with Crippen LogP contribution < -0.4 is 10.6 Å². The molecule has 1 fully saturated rings. The number of imide groups is 1. The van der Waals surface area contributed by atoms with Crippen LogP contribution in [0.1, 0.15) is 12.0 Å². The Balaban J connectivity index is 1.62. The van der Waals surface area contributed by atoms with E-state index in [-0.39, 0.29) is 13.0 Å². The largest absolute Gasteiger partial charge is 0.325 e. The van der Waals surface area contributed by atoms with Crippen molar-refractivity contribution in [2.45, 2.75) is 19.0 Å². The average Bonchev–Trinajstić information content (AvgIpc) is 3.12. The van der Waals surface area contributed by atoms with Gasteiger partial charge in [-0.15, -0.1) is 11.3 Å². The summed E-state index contributed by atoms with van der Waals surface area (Å²) in [7, 11) is 0. The van der Waals surface area contributed by atoms with E-state index in [1.54, 1.807) is 17.6 Å². The Labute approximate surface area is 140 Å². The van der Waals surface area contributed by atoms with Crippen LogP contribution in [0.2, 0.25) is 0 Å². The van der Waals surface area contributed by atoms with Crippen molar-refractivity contribution in [2.75, 3.05) is 5.32 Å². The molecular weight excluding hydrogens is 335 g/mol. The molecule has 1 saturated heterocycles. The zero-order chi connectivity index (χ0) is 17.1. The second-order valence-corrected chi connectivity index (χ2v) is 6.04. The van der Waals surface area contributed by atoms with Gasteiger partial charge in [0.2, 0.25) is 5.91 Å². The average molecular weight is 348 g/mol. The first-order chi connectivity index (χ1) is 11.5. The molecule has 2 N–H and O–H groups in total. The standard InChI is InChI=1S/C15H13FN4O3S/c16-10-3-1-2-9(6-10)8-20-13(22)11(18-15(20)23)7-12(21)19-14-17-4-5-24-14/h1-6,11H,7-8H2,(H,18,23)(H,17,19,21). The highest BCUT2D eigenvalue weighted by atomic mass is 32.1. The zero-order valence-corrected chi connectivity index (χ0v) is 13.2. The highest BCUT2D eigenvalue weighted by Crippen LogP contribution is 2.16. The molecule has 1 aromatic carbocycles. The van der Waals surface area contributed by atoms with Crippen LogP contribution in [-0.2, 0) is 16.1 Å². The van der Waals surface area contributed by atoms with Gasteiger partial charge < -0.3 is 10.6 Å². The van der Waals surface area contributed by atoms with E-state index < -0.39 is 29.7 Å². The Bertz CT molecular complexity index is 781. The second-order valence-electron chi connectivity index (χ2n) is 5.15. The summed E-state index contributed by atoms with van der Waals surface area (Å²) in [5, 5.41) is 7.15. The zero-order valence-electron chi connectivity index (χ0n) is 12.4. The van der Waals surface area contributed by atoms with E-state index in [1.807, 2.05) is 0 Å². The minimum absolute atomic E-state index is 0.0486. The van der Waals surface area contributed by atoms with Crippen molar-refractivity contribution < 1.29 is 18.8 Å². The number of thiazole rings is 1. The molecule has 1 atom stereocenters. The molecule has 1 unspecified atom stereocenters. The number of nitrogens with one attached hydrogen (secondary N) is 2. The smallest absolute Gasteiger partial charge is 0.325 e. The van der Waals surface area contributed by atoms with Gasteiger partial charge in [-0.3, -0.25) is 14.5 Å². The molecule has 3 rings (SSSR count). The molecule has 7 nitrogen and oxygen atoms in total. The van der Waals surface area contributed by atoms with Crippen LogP contribution >= 0.6 is 11.3 Å². The van der Waals surface area contributed by atoms with Gasteiger partial charge in [-0.1, -0.05) is 12.1 Å². The molecule has 4 amide bonds. The first kappa shape index (κ1) is 16.1. The number of benzene rings is 1. The monoisotopic (exact) mass is 348 g/mol. The summed E-state index contributed by atoms with van der Waals surface area (Å²) >= 11 is 1.25. The number of urea groups is 1. The number of hydrogen-bond donors (Lipinski definition) is 2. The summed E-state index contributed by atoms with van der Waals surface area (Å²) in [6, 6.07) is 4.11. The molecule has 124 valence electrons. The van der Waals surface area contributed by atoms with Gasteiger partial charge in [-0.05, 0) is 17.7 Å². The highest BCUT2D eigenvalue weighted by Gasteiger charge is 2.39. The molecule has 0 saturated carbocycles. The molecule has 1 aromatic heterocycles. The molecule has 24 heavy (non-hydrogen) atoms. The number of rotatable bonds is 5. The van der Waals surface area contributed by atoms with Crippen molar-refractivity contribution >= 4 is 34.3 Å². The van der Waals surface area contributed by atoms with Crippen molar-refractivity contribution in [1.82, 2.24) is 15.2 Å². The Morgan fingerprint density at radius 1 is 1.42 bits per heavy atom. The molecular formula is C15H13FN4O3S. The third kappa shape index (κ3) is 3.57. The van der Waals surface area contributed by atoms with Gasteiger partial charge in [0.1, 0.15) is 11.9 Å². The maximum absolute atomic E-state index is 13.2. The number of carbonyl (C=O) groups excluding carboxylic acids is 3. The summed E-state index contributed by atoms with van der Waals surface area (Å²) < 4.78 is 13.2. The van der Waals surface area contributed by atoms with E-state index in [0.29, 0.717) is 10.7 Å². The van der Waals surface area contributed by atoms with Gasteiger partial charge in [0.25, 0.3) is 5.91 Å². The number of aromatic nitrogens is 1. The van der Waals surface area contributed by atoms with Crippen molar-refractivity contribution in [1.29, 1.82) is 0 Å². The summed E-state index contributed by atoms with van der Waals surface area (Å²) in [5.41, 5.74) is 0.492. The summed E-state index contributed by atoms with van der Waals surface area (Å²) in [4.78, 5) is 41.0. The van der Waals surface area contributed by atoms with E-state index in [0.717, 1.165) is 4.90 Å². The minimum Gasteiger partial charge on any atom is -0.325 e. The van der Waals surface area contributed by atoms with E-state index >= 15 is 0 Å². The minimum atomic E-state index is -0.939. The van der Waals surface area contributed by atoms with E-state index in [1.165, 1.54) is 29.5 Å². The predicted molar refractivity (Wildman–Crippen MR) is 84.6 cm³/mol. The molecule has 0 radical (unpaired) electrons. The second kappa shape index (κ2) is 6.75. The highest BCUT2D eigenvalue weighted by molar-refractivity contribution is 7.13. The van der Waals surface area contributed by atoms with Gasteiger partial charge in [-0.25, -0.2) is 14.2 Å². The Morgan fingerprint density at radius 3 is 2.96 bits per heavy atom. The molecule has 0 spiro atoms. The maximum Gasteiger partial charge on any atom is 0.325 e. The molecule has 0 bridgehead atoms. The fourth-order valence-electron chi connectivity index (χ4n) is 2.32. The quantitative estimate of drug-likeness (QED) is 0.805. The predicted octanol–water partition coefficient (Wildman–Crippen LogP) is 1.73. The number of hydrogen-bond acceptors (Lipinski definition) is 5. The molecule has 2 aromatic rings.